The Hall–Kier alpha value is -1.62. The minimum atomic E-state index is -1.10. The van der Waals surface area contributed by atoms with Gasteiger partial charge in [-0.05, 0) is 6.07 Å². The van der Waals surface area contributed by atoms with E-state index in [1.54, 1.807) is 0 Å². The van der Waals surface area contributed by atoms with Crippen LogP contribution in [0.4, 0.5) is 0 Å². The highest BCUT2D eigenvalue weighted by Crippen LogP contribution is 2.17. The minimum absolute atomic E-state index is 0. The number of carbonyl (C=O) groups excluding carboxylic acids is 1. The molecule has 0 atom stereocenters. The molecule has 1 aliphatic rings. The molecule has 0 saturated carbocycles. The number of rotatable bonds is 1. The zero-order chi connectivity index (χ0) is 9.42. The van der Waals surface area contributed by atoms with Gasteiger partial charge in [0.25, 0.3) is 5.91 Å². The van der Waals surface area contributed by atoms with Gasteiger partial charge in [-0.1, -0.05) is 0 Å². The highest BCUT2D eigenvalue weighted by molar-refractivity contribution is 6.01. The molecule has 0 saturated heterocycles. The second-order valence-electron chi connectivity index (χ2n) is 2.67. The fourth-order valence-corrected chi connectivity index (χ4v) is 1.33. The number of aromatic nitrogens is 1. The third kappa shape index (κ3) is 1.42. The smallest absolute Gasteiger partial charge is 0.354 e. The molecule has 2 rings (SSSR count). The van der Waals surface area contributed by atoms with Crippen molar-refractivity contribution in [3.05, 3.63) is 29.1 Å². The lowest BCUT2D eigenvalue weighted by Crippen LogP contribution is -2.12. The summed E-state index contributed by atoms with van der Waals surface area (Å²) in [6.45, 7) is 0.254. The monoisotopic (exact) mass is 214 g/mol. The van der Waals surface area contributed by atoms with Crippen LogP contribution >= 0.6 is 12.4 Å². The summed E-state index contributed by atoms with van der Waals surface area (Å²) in [4.78, 5) is 25.5. The Kier molecular flexibility index (Phi) is 2.71. The first-order valence-corrected chi connectivity index (χ1v) is 3.69. The van der Waals surface area contributed by atoms with Crippen LogP contribution < -0.4 is 5.32 Å². The second kappa shape index (κ2) is 3.63. The maximum atomic E-state index is 11.1. The second-order valence-corrected chi connectivity index (χ2v) is 2.67. The first kappa shape index (κ1) is 10.5. The van der Waals surface area contributed by atoms with Crippen molar-refractivity contribution in [1.29, 1.82) is 0 Å². The standard InChI is InChI=1S/C8H6N2O3.ClH/c11-7-4-1-2-9-6(8(12)13)5(4)3-10-7;/h1-2H,3H2,(H,10,11)(H,12,13);1H. The molecule has 1 amide bonds. The molecule has 0 aliphatic carbocycles. The quantitative estimate of drug-likeness (QED) is 0.711. The van der Waals surface area contributed by atoms with Crippen LogP contribution in [0.5, 0.6) is 0 Å². The number of aromatic carboxylic acids is 1. The number of carboxylic acid groups (broad SMARTS) is 1. The van der Waals surface area contributed by atoms with Crippen LogP contribution in [-0.4, -0.2) is 22.0 Å². The number of nitrogens with one attached hydrogen (secondary N) is 1. The summed E-state index contributed by atoms with van der Waals surface area (Å²) < 4.78 is 0. The third-order valence-corrected chi connectivity index (χ3v) is 1.93. The predicted molar refractivity (Wildman–Crippen MR) is 49.6 cm³/mol. The number of nitrogens with zero attached hydrogens (tertiary/aromatic N) is 1. The highest BCUT2D eigenvalue weighted by atomic mass is 35.5. The van der Waals surface area contributed by atoms with E-state index in [1.807, 2.05) is 0 Å². The summed E-state index contributed by atoms with van der Waals surface area (Å²) in [5.74, 6) is -1.34. The lowest BCUT2D eigenvalue weighted by molar-refractivity contribution is 0.0689. The van der Waals surface area contributed by atoms with Crippen LogP contribution in [0.25, 0.3) is 0 Å². The summed E-state index contributed by atoms with van der Waals surface area (Å²) in [5.41, 5.74) is 0.836. The van der Waals surface area contributed by atoms with Crippen molar-refractivity contribution in [1.82, 2.24) is 10.3 Å². The van der Waals surface area contributed by atoms with E-state index >= 15 is 0 Å². The van der Waals surface area contributed by atoms with Gasteiger partial charge >= 0.3 is 5.97 Å². The number of pyridine rings is 1. The molecule has 0 radical (unpaired) electrons. The molecule has 14 heavy (non-hydrogen) atoms. The van der Waals surface area contributed by atoms with Crippen LogP contribution in [0.1, 0.15) is 26.4 Å². The van der Waals surface area contributed by atoms with Crippen LogP contribution in [0, 0.1) is 0 Å². The molecule has 1 aromatic rings. The Morgan fingerprint density at radius 3 is 2.93 bits per heavy atom. The van der Waals surface area contributed by atoms with Crippen molar-refractivity contribution < 1.29 is 14.7 Å². The van der Waals surface area contributed by atoms with Gasteiger partial charge in [0.05, 0.1) is 0 Å². The zero-order valence-electron chi connectivity index (χ0n) is 6.98. The van der Waals surface area contributed by atoms with E-state index < -0.39 is 5.97 Å². The Bertz CT molecular complexity index is 406. The molecule has 1 aliphatic heterocycles. The number of hydrogen-bond donors (Lipinski definition) is 2. The van der Waals surface area contributed by atoms with Gasteiger partial charge in [-0.25, -0.2) is 9.78 Å². The normalized spacial score (nSPS) is 12.7. The van der Waals surface area contributed by atoms with Gasteiger partial charge in [-0.2, -0.15) is 0 Å². The SMILES string of the molecule is Cl.O=C1NCc2c1ccnc2C(=O)O. The topological polar surface area (TPSA) is 79.3 Å². The summed E-state index contributed by atoms with van der Waals surface area (Å²) in [5, 5.41) is 11.3. The average Bonchev–Trinajstić information content (AvgIpc) is 2.48. The first-order chi connectivity index (χ1) is 6.20. The van der Waals surface area contributed by atoms with Crippen molar-refractivity contribution >= 4 is 24.3 Å². The summed E-state index contributed by atoms with van der Waals surface area (Å²) in [6, 6.07) is 1.52. The van der Waals surface area contributed by atoms with Gasteiger partial charge in [0.15, 0.2) is 5.69 Å². The van der Waals surface area contributed by atoms with Crippen LogP contribution in [0.15, 0.2) is 12.3 Å². The van der Waals surface area contributed by atoms with E-state index in [0.717, 1.165) is 0 Å². The predicted octanol–water partition coefficient (Wildman–Crippen LogP) is 0.445. The summed E-state index contributed by atoms with van der Waals surface area (Å²) >= 11 is 0. The van der Waals surface area contributed by atoms with Gasteiger partial charge < -0.3 is 10.4 Å². The van der Waals surface area contributed by atoms with E-state index in [1.165, 1.54) is 12.3 Å². The average molecular weight is 215 g/mol. The molecule has 2 N–H and O–H groups in total. The maximum Gasteiger partial charge on any atom is 0.354 e. The summed E-state index contributed by atoms with van der Waals surface area (Å²) in [7, 11) is 0. The van der Waals surface area contributed by atoms with Crippen molar-refractivity contribution in [2.24, 2.45) is 0 Å². The highest BCUT2D eigenvalue weighted by Gasteiger charge is 2.24. The molecule has 6 heteroatoms. The van der Waals surface area contributed by atoms with Crippen LogP contribution in [0.3, 0.4) is 0 Å². The number of carboxylic acids is 1. The lowest BCUT2D eigenvalue weighted by atomic mass is 10.1. The fourth-order valence-electron chi connectivity index (χ4n) is 1.33. The van der Waals surface area contributed by atoms with Gasteiger partial charge in [0.2, 0.25) is 0 Å². The molecule has 0 bridgehead atoms. The Balaban J connectivity index is 0.000000980. The fraction of sp³-hybridized carbons (Fsp3) is 0.125. The number of carbonyl (C=O) groups is 2. The Morgan fingerprint density at radius 1 is 1.57 bits per heavy atom. The van der Waals surface area contributed by atoms with Gasteiger partial charge in [0.1, 0.15) is 0 Å². The van der Waals surface area contributed by atoms with E-state index in [-0.39, 0.29) is 30.6 Å². The van der Waals surface area contributed by atoms with Crippen LogP contribution in [0.2, 0.25) is 0 Å². The molecule has 0 unspecified atom stereocenters. The molecule has 1 aromatic heterocycles. The van der Waals surface area contributed by atoms with E-state index in [9.17, 15) is 9.59 Å². The third-order valence-electron chi connectivity index (χ3n) is 1.93. The first-order valence-electron chi connectivity index (χ1n) is 3.69. The summed E-state index contributed by atoms with van der Waals surface area (Å²) in [6.07, 6.45) is 1.33. The Labute approximate surface area is 85.6 Å². The molecule has 0 fully saturated rings. The number of fused-ring (bicyclic) bond motifs is 1. The maximum absolute atomic E-state index is 11.1. The van der Waals surface area contributed by atoms with Gasteiger partial charge in [0, 0.05) is 23.9 Å². The molecular weight excluding hydrogens is 208 g/mol. The molecule has 0 spiro atoms. The van der Waals surface area contributed by atoms with Crippen molar-refractivity contribution in [2.45, 2.75) is 6.54 Å². The Morgan fingerprint density at radius 2 is 2.29 bits per heavy atom. The molecule has 2 heterocycles. The van der Waals surface area contributed by atoms with Gasteiger partial charge in [-0.3, -0.25) is 4.79 Å². The lowest BCUT2D eigenvalue weighted by Gasteiger charge is -1.98. The van der Waals surface area contributed by atoms with Gasteiger partial charge in [-0.15, -0.1) is 12.4 Å². The van der Waals surface area contributed by atoms with Crippen LogP contribution in [-0.2, 0) is 6.54 Å². The largest absolute Gasteiger partial charge is 0.477 e. The number of amides is 1. The van der Waals surface area contributed by atoms with Crippen molar-refractivity contribution in [3.63, 3.8) is 0 Å². The molecule has 0 aromatic carbocycles. The number of halogens is 1. The van der Waals surface area contributed by atoms with E-state index in [0.29, 0.717) is 11.1 Å². The minimum Gasteiger partial charge on any atom is -0.477 e. The number of hydrogen-bond acceptors (Lipinski definition) is 3. The molecular formula is C8H7ClN2O3. The van der Waals surface area contributed by atoms with E-state index in [2.05, 4.69) is 10.3 Å². The molecule has 5 nitrogen and oxygen atoms in total. The van der Waals surface area contributed by atoms with E-state index in [4.69, 9.17) is 5.11 Å². The van der Waals surface area contributed by atoms with Crippen molar-refractivity contribution in [3.8, 4) is 0 Å². The molecule has 74 valence electrons. The zero-order valence-corrected chi connectivity index (χ0v) is 7.80. The van der Waals surface area contributed by atoms with Crippen molar-refractivity contribution in [2.75, 3.05) is 0 Å².